The topological polar surface area (TPSA) is 57.4 Å². The molecule has 0 saturated heterocycles. The Kier molecular flexibility index (Phi) is 5.03. The largest absolute Gasteiger partial charge is 0.491 e. The van der Waals surface area contributed by atoms with Gasteiger partial charge in [-0.2, -0.15) is 0 Å². The van der Waals surface area contributed by atoms with Crippen LogP contribution >= 0.6 is 0 Å². The molecule has 0 aliphatic carbocycles. The first-order valence-electron chi connectivity index (χ1n) is 7.44. The van der Waals surface area contributed by atoms with Crippen molar-refractivity contribution in [2.45, 2.75) is 33.3 Å². The average molecular weight is 300 g/mol. The number of pyridine rings is 1. The number of aromatic nitrogens is 1. The average Bonchev–Trinajstić information content (AvgIpc) is 2.44. The minimum Gasteiger partial charge on any atom is -0.491 e. The van der Waals surface area contributed by atoms with Gasteiger partial charge in [-0.3, -0.25) is 0 Å². The van der Waals surface area contributed by atoms with Crippen molar-refractivity contribution in [3.8, 4) is 16.9 Å². The second-order valence-corrected chi connectivity index (χ2v) is 6.26. The molecule has 2 rings (SSSR count). The molecule has 4 nitrogen and oxygen atoms in total. The highest BCUT2D eigenvalue weighted by atomic mass is 16.5. The third kappa shape index (κ3) is 4.74. The molecule has 118 valence electrons. The molecule has 0 radical (unpaired) electrons. The van der Waals surface area contributed by atoms with Gasteiger partial charge in [0.1, 0.15) is 18.2 Å². The Hall–Kier alpha value is -2.07. The Morgan fingerprint density at radius 2 is 1.86 bits per heavy atom. The van der Waals surface area contributed by atoms with Crippen LogP contribution < -0.4 is 10.5 Å². The minimum atomic E-state index is -0.142. The second kappa shape index (κ2) is 6.79. The lowest BCUT2D eigenvalue weighted by Crippen LogP contribution is -2.22. The molecule has 22 heavy (non-hydrogen) atoms. The molecule has 0 atom stereocenters. The van der Waals surface area contributed by atoms with Gasteiger partial charge in [0.25, 0.3) is 0 Å². The first-order valence-corrected chi connectivity index (χ1v) is 7.44. The summed E-state index contributed by atoms with van der Waals surface area (Å²) >= 11 is 0. The van der Waals surface area contributed by atoms with Crippen LogP contribution in [0.2, 0.25) is 0 Å². The van der Waals surface area contributed by atoms with E-state index in [9.17, 15) is 0 Å². The van der Waals surface area contributed by atoms with Crippen molar-refractivity contribution in [3.05, 3.63) is 42.1 Å². The van der Waals surface area contributed by atoms with Crippen molar-refractivity contribution >= 4 is 5.82 Å². The molecule has 4 heteroatoms. The van der Waals surface area contributed by atoms with E-state index in [2.05, 4.69) is 11.9 Å². The van der Waals surface area contributed by atoms with E-state index >= 15 is 0 Å². The highest BCUT2D eigenvalue weighted by Crippen LogP contribution is 2.28. The standard InChI is InChI=1S/C18H24N2O2/c1-13-5-6-15(21-9-10-22-18(2,3)4)12-16(13)14-7-8-20-17(19)11-14/h5-8,11-12H,9-10H2,1-4H3,(H2,19,20). The van der Waals surface area contributed by atoms with Crippen LogP contribution in [0.5, 0.6) is 5.75 Å². The van der Waals surface area contributed by atoms with E-state index < -0.39 is 0 Å². The van der Waals surface area contributed by atoms with Gasteiger partial charge in [-0.05, 0) is 68.7 Å². The number of nitrogens with two attached hydrogens (primary N) is 1. The summed E-state index contributed by atoms with van der Waals surface area (Å²) < 4.78 is 11.4. The summed E-state index contributed by atoms with van der Waals surface area (Å²) in [7, 11) is 0. The zero-order chi connectivity index (χ0) is 16.2. The van der Waals surface area contributed by atoms with Gasteiger partial charge in [0.05, 0.1) is 12.2 Å². The van der Waals surface area contributed by atoms with Crippen LogP contribution in [0, 0.1) is 6.92 Å². The fraction of sp³-hybridized carbons (Fsp3) is 0.389. The smallest absolute Gasteiger partial charge is 0.123 e. The number of nitrogens with zero attached hydrogens (tertiary/aromatic N) is 1. The molecule has 1 heterocycles. The van der Waals surface area contributed by atoms with Crippen molar-refractivity contribution in [1.82, 2.24) is 4.98 Å². The number of hydrogen-bond donors (Lipinski definition) is 1. The number of anilines is 1. The number of aryl methyl sites for hydroxylation is 1. The minimum absolute atomic E-state index is 0.142. The monoisotopic (exact) mass is 300 g/mol. The van der Waals surface area contributed by atoms with E-state index in [0.717, 1.165) is 16.9 Å². The van der Waals surface area contributed by atoms with Gasteiger partial charge in [-0.1, -0.05) is 6.07 Å². The lowest BCUT2D eigenvalue weighted by atomic mass is 10.0. The Morgan fingerprint density at radius 1 is 1.09 bits per heavy atom. The zero-order valence-corrected chi connectivity index (χ0v) is 13.7. The van der Waals surface area contributed by atoms with E-state index in [4.69, 9.17) is 15.2 Å². The molecule has 1 aromatic carbocycles. The molecule has 0 amide bonds. The normalized spacial score (nSPS) is 11.5. The second-order valence-electron chi connectivity index (χ2n) is 6.26. The zero-order valence-electron chi connectivity index (χ0n) is 13.7. The van der Waals surface area contributed by atoms with E-state index in [-0.39, 0.29) is 5.60 Å². The van der Waals surface area contributed by atoms with Crippen molar-refractivity contribution < 1.29 is 9.47 Å². The highest BCUT2D eigenvalue weighted by molar-refractivity contribution is 5.70. The van der Waals surface area contributed by atoms with Crippen LogP contribution in [0.1, 0.15) is 26.3 Å². The molecule has 0 spiro atoms. The molecule has 0 aliphatic rings. The van der Waals surface area contributed by atoms with Crippen LogP contribution in [0.4, 0.5) is 5.82 Å². The molecule has 2 aromatic rings. The summed E-state index contributed by atoms with van der Waals surface area (Å²) in [6.07, 6.45) is 1.72. The summed E-state index contributed by atoms with van der Waals surface area (Å²) in [4.78, 5) is 4.03. The molecular weight excluding hydrogens is 276 g/mol. The molecule has 0 bridgehead atoms. The van der Waals surface area contributed by atoms with Gasteiger partial charge in [-0.25, -0.2) is 4.98 Å². The predicted molar refractivity (Wildman–Crippen MR) is 90.0 cm³/mol. The maximum absolute atomic E-state index is 5.78. The van der Waals surface area contributed by atoms with Gasteiger partial charge in [0, 0.05) is 6.20 Å². The van der Waals surface area contributed by atoms with Crippen molar-refractivity contribution in [2.75, 3.05) is 18.9 Å². The summed E-state index contributed by atoms with van der Waals surface area (Å²) in [6, 6.07) is 9.87. The van der Waals surface area contributed by atoms with Crippen LogP contribution in [0.3, 0.4) is 0 Å². The summed E-state index contributed by atoms with van der Waals surface area (Å²) in [6.45, 7) is 9.26. The lowest BCUT2D eigenvalue weighted by molar-refractivity contribution is -0.0162. The Balaban J connectivity index is 2.07. The number of benzene rings is 1. The molecule has 0 saturated carbocycles. The molecule has 2 N–H and O–H groups in total. The fourth-order valence-corrected chi connectivity index (χ4v) is 2.13. The fourth-order valence-electron chi connectivity index (χ4n) is 2.13. The van der Waals surface area contributed by atoms with Crippen LogP contribution in [0.15, 0.2) is 36.5 Å². The summed E-state index contributed by atoms with van der Waals surface area (Å²) in [5.41, 5.74) is 8.94. The van der Waals surface area contributed by atoms with Gasteiger partial charge in [0.15, 0.2) is 0 Å². The van der Waals surface area contributed by atoms with E-state index in [1.807, 2.05) is 51.1 Å². The third-order valence-corrected chi connectivity index (χ3v) is 3.19. The van der Waals surface area contributed by atoms with Crippen LogP contribution in [-0.4, -0.2) is 23.8 Å². The van der Waals surface area contributed by atoms with Gasteiger partial charge in [0.2, 0.25) is 0 Å². The Labute approximate surface area is 132 Å². The third-order valence-electron chi connectivity index (χ3n) is 3.19. The maximum atomic E-state index is 5.78. The number of rotatable bonds is 5. The number of ether oxygens (including phenoxy) is 2. The van der Waals surface area contributed by atoms with E-state index in [0.29, 0.717) is 19.0 Å². The first-order chi connectivity index (χ1) is 10.3. The number of nitrogen functional groups attached to an aromatic ring is 1. The molecule has 0 unspecified atom stereocenters. The molecule has 0 fully saturated rings. The van der Waals surface area contributed by atoms with Crippen molar-refractivity contribution in [1.29, 1.82) is 0 Å². The molecule has 1 aromatic heterocycles. The maximum Gasteiger partial charge on any atom is 0.123 e. The Morgan fingerprint density at radius 3 is 2.55 bits per heavy atom. The summed E-state index contributed by atoms with van der Waals surface area (Å²) in [5, 5.41) is 0. The first kappa shape index (κ1) is 16.3. The van der Waals surface area contributed by atoms with Crippen LogP contribution in [-0.2, 0) is 4.74 Å². The highest BCUT2D eigenvalue weighted by Gasteiger charge is 2.10. The SMILES string of the molecule is Cc1ccc(OCCOC(C)(C)C)cc1-c1ccnc(N)c1. The predicted octanol–water partition coefficient (Wildman–Crippen LogP) is 3.83. The number of hydrogen-bond acceptors (Lipinski definition) is 4. The van der Waals surface area contributed by atoms with Gasteiger partial charge < -0.3 is 15.2 Å². The van der Waals surface area contributed by atoms with Crippen molar-refractivity contribution in [3.63, 3.8) is 0 Å². The van der Waals surface area contributed by atoms with Gasteiger partial charge in [-0.15, -0.1) is 0 Å². The van der Waals surface area contributed by atoms with Crippen LogP contribution in [0.25, 0.3) is 11.1 Å². The molecular formula is C18H24N2O2. The Bertz CT molecular complexity index is 633. The van der Waals surface area contributed by atoms with Crippen molar-refractivity contribution in [2.24, 2.45) is 0 Å². The summed E-state index contributed by atoms with van der Waals surface area (Å²) in [5.74, 6) is 1.34. The quantitative estimate of drug-likeness (QED) is 0.853. The van der Waals surface area contributed by atoms with E-state index in [1.54, 1.807) is 6.20 Å². The molecule has 0 aliphatic heterocycles. The lowest BCUT2D eigenvalue weighted by Gasteiger charge is -2.19. The van der Waals surface area contributed by atoms with E-state index in [1.165, 1.54) is 5.56 Å². The van der Waals surface area contributed by atoms with Gasteiger partial charge >= 0.3 is 0 Å².